The van der Waals surface area contributed by atoms with Crippen molar-refractivity contribution in [3.05, 3.63) is 328 Å². The zero-order chi connectivity index (χ0) is 107. The first-order valence-electron chi connectivity index (χ1n) is 47.0. The van der Waals surface area contributed by atoms with Crippen molar-refractivity contribution in [2.24, 2.45) is 73.4 Å². The molecule has 1 unspecified atom stereocenters. The number of phenols is 1. The number of carboxylic acid groups (broad SMARTS) is 1. The molecule has 1 atom stereocenters. The van der Waals surface area contributed by atoms with E-state index in [2.05, 4.69) is 10.3 Å². The average molecular weight is 2020 g/mol. The maximum Gasteiger partial charge on any atom is 0.303 e. The second-order valence-corrected chi connectivity index (χ2v) is 32.2. The Bertz CT molecular complexity index is 5630. The van der Waals surface area contributed by atoms with E-state index in [0.29, 0.717) is 188 Å². The Kier molecular flexibility index (Phi) is 56.5. The SMILES string of the molecule is N=C(N)c1ccc(O)cc1.N=C(N)c1ccc(OCCC(O)CCOc2ccc(C(=N)N)cc2)cc1.N=C(N)c1ccc(OCCCC(O)COc2ccc(C(=N)N)cc2)cc1.N=C(N)c1ccc(OCCCCC(=O)O)cc1.N=C(N)c1ccc(OCCCCCO)cc1.N=C(N)c1ccc(OCCCCCOc2ccc(/C(N)=N/O)cc2)cc1.N=C(N)c1ccc(OCCCCCOc2ccc(/C(N)=N/O)cc2)cc1. The molecule has 0 aliphatic carbocycles. The molecular formula is C107H138N22O18. The first-order chi connectivity index (χ1) is 70.6. The summed E-state index contributed by atoms with van der Waals surface area (Å²) in [6.07, 6.45) is 11.0. The molecule has 0 aliphatic heterocycles. The van der Waals surface area contributed by atoms with Gasteiger partial charge in [-0.2, -0.15) is 0 Å². The highest BCUT2D eigenvalue weighted by Crippen LogP contribution is 2.23. The van der Waals surface area contributed by atoms with Gasteiger partial charge in [-0.05, 0) is 350 Å². The van der Waals surface area contributed by atoms with Crippen LogP contribution >= 0.6 is 0 Å². The third kappa shape index (κ3) is 51.6. The van der Waals surface area contributed by atoms with Gasteiger partial charge in [0.1, 0.15) is 122 Å². The van der Waals surface area contributed by atoms with Gasteiger partial charge < -0.3 is 146 Å². The minimum Gasteiger partial charge on any atom is -0.508 e. The molecule has 0 radical (unpaired) electrons. The molecule has 11 aromatic rings. The van der Waals surface area contributed by atoms with Crippen LogP contribution in [0.2, 0.25) is 0 Å². The number of nitrogens with one attached hydrogen (secondary N) is 9. The Morgan fingerprint density at radius 1 is 0.238 bits per heavy atom. The van der Waals surface area contributed by atoms with Gasteiger partial charge in [0.2, 0.25) is 0 Å². The van der Waals surface area contributed by atoms with Gasteiger partial charge >= 0.3 is 5.97 Å². The summed E-state index contributed by atoms with van der Waals surface area (Å²) in [7, 11) is 0. The highest BCUT2D eigenvalue weighted by atomic mass is 16.5. The van der Waals surface area contributed by atoms with Gasteiger partial charge in [-0.25, -0.2) is 0 Å². The van der Waals surface area contributed by atoms with Crippen LogP contribution in [0.15, 0.2) is 277 Å². The van der Waals surface area contributed by atoms with Crippen LogP contribution < -0.4 is 110 Å². The lowest BCUT2D eigenvalue weighted by molar-refractivity contribution is -0.137. The van der Waals surface area contributed by atoms with Gasteiger partial charge in [-0.1, -0.05) is 10.3 Å². The summed E-state index contributed by atoms with van der Waals surface area (Å²) in [5.74, 6) is 7.03. The number of aliphatic carboxylic acids is 1. The number of benzene rings is 11. The summed E-state index contributed by atoms with van der Waals surface area (Å²) in [6, 6.07) is 76.5. The van der Waals surface area contributed by atoms with Crippen molar-refractivity contribution in [3.63, 3.8) is 0 Å². The standard InChI is InChI=1S/4C19H24N4O3.C12H16N2O3.C12H18N2O2.C7H8N2O/c20-18(21)13-1-5-16(6-2-13)25-11-9-15(24)10-12-26-17-7-3-14(4-8-17)19(22)23;20-18(21)13-3-7-16(8-4-13)25-11-1-2-15(24)12-26-17-9-5-14(6-10-17)19(22)23;2*20-18(21)14-4-8-16(9-5-14)25-12-2-1-3-13-26-17-10-6-15(7-11-17)19(22)23-24;13-12(14)9-4-6-10(7-5-9)17-8-2-1-3-11(15)16;13-12(14)10-4-6-11(7-5-10)16-9-3-1-2-8-15;8-7(9)5-1-3-6(10)4-2-5/h1-8,15,24H,9-12H2,(H3,20,21)(H3,22,23);3-10,15,24H,1-2,11-12H2,(H3,20,21)(H3,22,23);2*4-11,24H,1-3,12-13H2,(H3,20,21)(H2,22,23);4-7H,1-3,8H2,(H3,13,14)(H,15,16);4-7,15H,1-3,8-9H2,(H3,13,14);1-4,10H,(H3,8,9). The Balaban J connectivity index is 0.000000307. The number of amidine groups is 11. The predicted molar refractivity (Wildman–Crippen MR) is 572 cm³/mol. The van der Waals surface area contributed by atoms with Gasteiger partial charge in [0.05, 0.1) is 71.7 Å². The lowest BCUT2D eigenvalue weighted by Gasteiger charge is -2.13. The van der Waals surface area contributed by atoms with Gasteiger partial charge in [-0.15, -0.1) is 0 Å². The number of hydrogen-bond acceptors (Lipinski definition) is 28. The number of aliphatic hydroxyl groups is 3. The van der Waals surface area contributed by atoms with Crippen molar-refractivity contribution in [1.29, 1.82) is 48.7 Å². The van der Waals surface area contributed by atoms with E-state index in [0.717, 1.165) is 86.5 Å². The Morgan fingerprint density at radius 2 is 0.422 bits per heavy atom. The van der Waals surface area contributed by atoms with E-state index >= 15 is 0 Å². The van der Waals surface area contributed by atoms with Crippen molar-refractivity contribution >= 4 is 70.2 Å². The molecule has 147 heavy (non-hydrogen) atoms. The summed E-state index contributed by atoms with van der Waals surface area (Å²) in [6.45, 7) is 5.33. The summed E-state index contributed by atoms with van der Waals surface area (Å²) < 4.78 is 55.8. The minimum absolute atomic E-state index is 0.00696. The maximum absolute atomic E-state index is 10.3. The molecule has 38 N–H and O–H groups in total. The van der Waals surface area contributed by atoms with Crippen LogP contribution in [-0.2, 0) is 4.79 Å². The Labute approximate surface area is 854 Å². The highest BCUT2D eigenvalue weighted by Gasteiger charge is 2.13. The van der Waals surface area contributed by atoms with E-state index < -0.39 is 18.2 Å². The number of phenolic OH excluding ortho intramolecular Hbond substituents is 1. The number of oxime groups is 2. The lowest BCUT2D eigenvalue weighted by Crippen LogP contribution is -2.18. The number of hydrogen-bond donors (Lipinski definition) is 27. The number of aromatic hydroxyl groups is 1. The topological polar surface area (TPSA) is 777 Å². The number of nitrogens with zero attached hydrogens (tertiary/aromatic N) is 2. The van der Waals surface area contributed by atoms with Gasteiger partial charge in [0.25, 0.3) is 0 Å². The van der Waals surface area contributed by atoms with Crippen LogP contribution in [0.1, 0.15) is 164 Å². The average Bonchev–Trinajstić information content (AvgIpc) is 0.942. The minimum atomic E-state index is -0.782. The van der Waals surface area contributed by atoms with E-state index in [9.17, 15) is 15.0 Å². The van der Waals surface area contributed by atoms with Crippen molar-refractivity contribution in [2.75, 3.05) is 72.7 Å². The molecule has 0 aliphatic rings. The monoisotopic (exact) mass is 2020 g/mol. The number of rotatable bonds is 55. The molecule has 0 spiro atoms. The second kappa shape index (κ2) is 69.3. The number of unbranched alkanes of at least 4 members (excludes halogenated alkanes) is 7. The summed E-state index contributed by atoms with van der Waals surface area (Å²) in [5.41, 5.74) is 66.5. The molecule has 40 nitrogen and oxygen atoms in total. The number of nitrogens with two attached hydrogens (primary N) is 11. The molecular weight excluding hydrogens is 1880 g/mol. The molecule has 0 fully saturated rings. The summed E-state index contributed by atoms with van der Waals surface area (Å²) in [4.78, 5) is 10.3. The van der Waals surface area contributed by atoms with Crippen LogP contribution in [0, 0.1) is 48.7 Å². The number of aliphatic hydroxyl groups excluding tert-OH is 3. The largest absolute Gasteiger partial charge is 0.508 e. The zero-order valence-electron chi connectivity index (χ0n) is 82.0. The lowest BCUT2D eigenvalue weighted by atomic mass is 10.2. The second-order valence-electron chi connectivity index (χ2n) is 32.2. The van der Waals surface area contributed by atoms with Crippen LogP contribution in [-0.4, -0.2) is 191 Å². The third-order valence-corrected chi connectivity index (χ3v) is 20.6. The first-order valence-corrected chi connectivity index (χ1v) is 47.0. The fourth-order valence-electron chi connectivity index (χ4n) is 12.3. The summed E-state index contributed by atoms with van der Waals surface area (Å²) in [5, 5.41) is 134. The number of nitrogen functional groups attached to an aromatic ring is 9. The normalized spacial score (nSPS) is 10.9. The molecule has 784 valence electrons. The third-order valence-electron chi connectivity index (χ3n) is 20.6. The Hall–Kier alpha value is -17.7. The first kappa shape index (κ1) is 120. The molecule has 0 saturated carbocycles. The molecule has 11 rings (SSSR count). The van der Waals surface area contributed by atoms with Crippen molar-refractivity contribution in [1.82, 2.24) is 0 Å². The maximum atomic E-state index is 10.3. The molecule has 0 heterocycles. The Morgan fingerprint density at radius 3 is 0.626 bits per heavy atom. The van der Waals surface area contributed by atoms with Gasteiger partial charge in [0.15, 0.2) is 11.7 Å². The van der Waals surface area contributed by atoms with Gasteiger partial charge in [0, 0.05) is 87.1 Å². The fourth-order valence-corrected chi connectivity index (χ4v) is 12.3. The fraction of sp³-hybridized carbons (Fsp3) is 0.271. The molecule has 40 heteroatoms. The smallest absolute Gasteiger partial charge is 0.303 e. The quantitative estimate of drug-likeness (QED) is 0.00553. The van der Waals surface area contributed by atoms with E-state index in [1.165, 1.54) is 12.1 Å². The van der Waals surface area contributed by atoms with Crippen LogP contribution in [0.3, 0.4) is 0 Å². The van der Waals surface area contributed by atoms with Crippen molar-refractivity contribution in [3.8, 4) is 63.2 Å². The van der Waals surface area contributed by atoms with E-state index in [4.69, 9.17) is 185 Å². The predicted octanol–water partition coefficient (Wildman–Crippen LogP) is 12.9. The number of ether oxygens (including phenoxy) is 10. The molecule has 11 aromatic carbocycles. The van der Waals surface area contributed by atoms with Crippen LogP contribution in [0.25, 0.3) is 0 Å². The van der Waals surface area contributed by atoms with Gasteiger partial charge in [-0.3, -0.25) is 53.5 Å². The van der Waals surface area contributed by atoms with Crippen LogP contribution in [0.5, 0.6) is 63.2 Å². The summed E-state index contributed by atoms with van der Waals surface area (Å²) >= 11 is 0. The van der Waals surface area contributed by atoms with Crippen molar-refractivity contribution in [2.45, 2.75) is 115 Å². The number of carboxylic acids is 1. The number of carbonyl (C=O) groups is 1. The van der Waals surface area contributed by atoms with Crippen molar-refractivity contribution < 1.29 is 88.1 Å². The molecule has 0 bridgehead atoms. The molecule has 0 aromatic heterocycles. The van der Waals surface area contributed by atoms with E-state index in [1.807, 2.05) is 36.4 Å². The van der Waals surface area contributed by atoms with E-state index in [-0.39, 0.29) is 89.6 Å². The van der Waals surface area contributed by atoms with Crippen LogP contribution in [0.4, 0.5) is 0 Å². The molecule has 0 saturated heterocycles. The highest BCUT2D eigenvalue weighted by molar-refractivity contribution is 6.00. The zero-order valence-corrected chi connectivity index (χ0v) is 82.0. The molecule has 0 amide bonds. The van der Waals surface area contributed by atoms with E-state index in [1.54, 1.807) is 218 Å².